The Morgan fingerprint density at radius 2 is 2.10 bits per heavy atom. The number of carbonyl (C=O) groups excluding carboxylic acids is 2. The van der Waals surface area contributed by atoms with Crippen molar-refractivity contribution in [2.24, 2.45) is 0 Å². The summed E-state index contributed by atoms with van der Waals surface area (Å²) in [6.45, 7) is 1.25. The van der Waals surface area contributed by atoms with Crippen molar-refractivity contribution < 1.29 is 9.59 Å². The Morgan fingerprint density at radius 3 is 2.86 bits per heavy atom. The van der Waals surface area contributed by atoms with Crippen molar-refractivity contribution in [3.8, 4) is 0 Å². The minimum atomic E-state index is -0.269. The van der Waals surface area contributed by atoms with Gasteiger partial charge in [0.15, 0.2) is 0 Å². The fourth-order valence-electron chi connectivity index (χ4n) is 3.02. The summed E-state index contributed by atoms with van der Waals surface area (Å²) >= 11 is 9.57. The van der Waals surface area contributed by atoms with Gasteiger partial charge in [0.1, 0.15) is 12.6 Å². The minimum Gasteiger partial charge on any atom is -0.329 e. The third kappa shape index (κ3) is 2.94. The molecule has 1 atom stereocenters. The largest absolute Gasteiger partial charge is 0.329 e. The highest BCUT2D eigenvalue weighted by atomic mass is 79.9. The van der Waals surface area contributed by atoms with E-state index < -0.39 is 0 Å². The van der Waals surface area contributed by atoms with Gasteiger partial charge in [-0.3, -0.25) is 9.59 Å². The Labute approximate surface area is 137 Å². The van der Waals surface area contributed by atoms with Gasteiger partial charge in [0, 0.05) is 22.6 Å². The standard InChI is InChI=1S/C15H16BrClN2O2/c16-11-5-4-10(12(17)7-11)8-18-9-14(20)19-6-2-1-3-13(19)15(18)21/h4-5,7,13H,1-3,6,8-9H2. The van der Waals surface area contributed by atoms with E-state index in [-0.39, 0.29) is 24.4 Å². The maximum Gasteiger partial charge on any atom is 0.246 e. The van der Waals surface area contributed by atoms with E-state index in [9.17, 15) is 9.59 Å². The summed E-state index contributed by atoms with van der Waals surface area (Å²) in [5.74, 6) is 0.0980. The van der Waals surface area contributed by atoms with Crippen LogP contribution < -0.4 is 0 Å². The van der Waals surface area contributed by atoms with Crippen molar-refractivity contribution in [1.29, 1.82) is 0 Å². The third-order valence-corrected chi connectivity index (χ3v) is 4.97. The van der Waals surface area contributed by atoms with E-state index in [1.165, 1.54) is 0 Å². The number of carbonyl (C=O) groups is 2. The first-order valence-electron chi connectivity index (χ1n) is 7.08. The Balaban J connectivity index is 1.79. The summed E-state index contributed by atoms with van der Waals surface area (Å²) in [7, 11) is 0. The number of fused-ring (bicyclic) bond motifs is 1. The van der Waals surface area contributed by atoms with Crippen molar-refractivity contribution in [3.63, 3.8) is 0 Å². The lowest BCUT2D eigenvalue weighted by Gasteiger charge is -2.42. The Kier molecular flexibility index (Phi) is 4.22. The average Bonchev–Trinajstić information content (AvgIpc) is 2.47. The number of halogens is 2. The molecule has 112 valence electrons. The molecule has 2 aliphatic heterocycles. The molecule has 3 rings (SSSR count). The molecule has 0 aromatic heterocycles. The summed E-state index contributed by atoms with van der Waals surface area (Å²) in [6, 6.07) is 5.32. The molecule has 2 aliphatic rings. The summed E-state index contributed by atoms with van der Waals surface area (Å²) in [6.07, 6.45) is 2.77. The average molecular weight is 372 g/mol. The number of nitrogens with zero attached hydrogens (tertiary/aromatic N) is 2. The third-order valence-electron chi connectivity index (χ3n) is 4.12. The van der Waals surface area contributed by atoms with Crippen LogP contribution in [0.1, 0.15) is 24.8 Å². The van der Waals surface area contributed by atoms with Gasteiger partial charge in [0.05, 0.1) is 0 Å². The molecule has 6 heteroatoms. The Morgan fingerprint density at radius 1 is 1.29 bits per heavy atom. The number of piperazine rings is 1. The minimum absolute atomic E-state index is 0.0486. The van der Waals surface area contributed by atoms with Crippen LogP contribution in [-0.2, 0) is 16.1 Å². The monoisotopic (exact) mass is 370 g/mol. The highest BCUT2D eigenvalue weighted by molar-refractivity contribution is 9.10. The number of benzene rings is 1. The van der Waals surface area contributed by atoms with Gasteiger partial charge in [-0.15, -0.1) is 0 Å². The van der Waals surface area contributed by atoms with Crippen LogP contribution in [0.25, 0.3) is 0 Å². The number of piperidine rings is 1. The lowest BCUT2D eigenvalue weighted by molar-refractivity contribution is -0.158. The molecule has 2 fully saturated rings. The lowest BCUT2D eigenvalue weighted by Crippen LogP contribution is -2.60. The highest BCUT2D eigenvalue weighted by Crippen LogP contribution is 2.27. The maximum absolute atomic E-state index is 12.6. The topological polar surface area (TPSA) is 40.6 Å². The molecule has 0 radical (unpaired) electrons. The van der Waals surface area contributed by atoms with Crippen molar-refractivity contribution in [2.75, 3.05) is 13.1 Å². The zero-order valence-electron chi connectivity index (χ0n) is 11.5. The molecule has 0 saturated carbocycles. The zero-order chi connectivity index (χ0) is 15.0. The maximum atomic E-state index is 12.6. The second kappa shape index (κ2) is 5.97. The van der Waals surface area contributed by atoms with Crippen LogP contribution in [0.15, 0.2) is 22.7 Å². The SMILES string of the molecule is O=C1C2CCCCN2C(=O)CN1Cc1ccc(Br)cc1Cl. The fourth-order valence-corrected chi connectivity index (χ4v) is 3.75. The first-order chi connectivity index (χ1) is 10.1. The lowest BCUT2D eigenvalue weighted by atomic mass is 9.98. The fraction of sp³-hybridized carbons (Fsp3) is 0.467. The summed E-state index contributed by atoms with van der Waals surface area (Å²) < 4.78 is 0.899. The van der Waals surface area contributed by atoms with Crippen molar-refractivity contribution in [1.82, 2.24) is 9.80 Å². The van der Waals surface area contributed by atoms with Gasteiger partial charge < -0.3 is 9.80 Å². The first kappa shape index (κ1) is 14.9. The smallest absolute Gasteiger partial charge is 0.246 e. The summed E-state index contributed by atoms with van der Waals surface area (Å²) in [5.41, 5.74) is 0.866. The molecule has 0 bridgehead atoms. The second-order valence-corrected chi connectivity index (χ2v) is 6.85. The van der Waals surface area contributed by atoms with E-state index in [0.29, 0.717) is 18.1 Å². The summed E-state index contributed by atoms with van der Waals surface area (Å²) in [5, 5.41) is 0.607. The van der Waals surface area contributed by atoms with Crippen molar-refractivity contribution >= 4 is 39.3 Å². The molecule has 1 aromatic rings. The molecule has 0 aliphatic carbocycles. The van der Waals surface area contributed by atoms with E-state index >= 15 is 0 Å². The van der Waals surface area contributed by atoms with E-state index in [1.54, 1.807) is 15.9 Å². The van der Waals surface area contributed by atoms with Crippen LogP contribution in [0, 0.1) is 0 Å². The molecule has 2 heterocycles. The molecular formula is C15H16BrClN2O2. The van der Waals surface area contributed by atoms with Gasteiger partial charge in [-0.1, -0.05) is 33.6 Å². The van der Waals surface area contributed by atoms with Crippen LogP contribution >= 0.6 is 27.5 Å². The van der Waals surface area contributed by atoms with Gasteiger partial charge in [-0.2, -0.15) is 0 Å². The quantitative estimate of drug-likeness (QED) is 0.802. The predicted molar refractivity (Wildman–Crippen MR) is 83.9 cm³/mol. The van der Waals surface area contributed by atoms with Crippen LogP contribution in [0.5, 0.6) is 0 Å². The predicted octanol–water partition coefficient (Wildman–Crippen LogP) is 2.83. The number of amides is 2. The zero-order valence-corrected chi connectivity index (χ0v) is 13.9. The Hall–Kier alpha value is -1.07. The van der Waals surface area contributed by atoms with Gasteiger partial charge in [-0.25, -0.2) is 0 Å². The second-order valence-electron chi connectivity index (χ2n) is 5.53. The van der Waals surface area contributed by atoms with E-state index in [2.05, 4.69) is 15.9 Å². The molecule has 4 nitrogen and oxygen atoms in total. The number of hydrogen-bond donors (Lipinski definition) is 0. The molecule has 21 heavy (non-hydrogen) atoms. The normalized spacial score (nSPS) is 22.5. The molecule has 2 saturated heterocycles. The van der Waals surface area contributed by atoms with Gasteiger partial charge >= 0.3 is 0 Å². The van der Waals surface area contributed by atoms with Crippen LogP contribution in [0.4, 0.5) is 0 Å². The molecule has 1 aromatic carbocycles. The number of hydrogen-bond acceptors (Lipinski definition) is 2. The Bertz CT molecular complexity index is 593. The van der Waals surface area contributed by atoms with Gasteiger partial charge in [0.2, 0.25) is 11.8 Å². The van der Waals surface area contributed by atoms with Crippen molar-refractivity contribution in [2.45, 2.75) is 31.8 Å². The van der Waals surface area contributed by atoms with E-state index in [0.717, 1.165) is 29.3 Å². The molecular weight excluding hydrogens is 356 g/mol. The molecule has 0 N–H and O–H groups in total. The summed E-state index contributed by atoms with van der Waals surface area (Å²) in [4.78, 5) is 28.1. The highest BCUT2D eigenvalue weighted by Gasteiger charge is 2.40. The molecule has 2 amide bonds. The molecule has 0 spiro atoms. The van der Waals surface area contributed by atoms with Crippen LogP contribution in [0.2, 0.25) is 5.02 Å². The van der Waals surface area contributed by atoms with E-state index in [4.69, 9.17) is 11.6 Å². The van der Waals surface area contributed by atoms with Crippen LogP contribution in [-0.4, -0.2) is 40.7 Å². The first-order valence-corrected chi connectivity index (χ1v) is 8.25. The number of rotatable bonds is 2. The van der Waals surface area contributed by atoms with Crippen molar-refractivity contribution in [3.05, 3.63) is 33.3 Å². The van der Waals surface area contributed by atoms with Gasteiger partial charge in [-0.05, 0) is 37.0 Å². The molecule has 1 unspecified atom stereocenters. The van der Waals surface area contributed by atoms with Gasteiger partial charge in [0.25, 0.3) is 0 Å². The van der Waals surface area contributed by atoms with E-state index in [1.807, 2.05) is 12.1 Å². The van der Waals surface area contributed by atoms with Crippen LogP contribution in [0.3, 0.4) is 0 Å².